The van der Waals surface area contributed by atoms with Crippen LogP contribution >= 0.6 is 11.3 Å². The van der Waals surface area contributed by atoms with E-state index >= 15 is 0 Å². The Labute approximate surface area is 127 Å². The summed E-state index contributed by atoms with van der Waals surface area (Å²) < 4.78 is 5.56. The molecule has 0 spiro atoms. The zero-order chi connectivity index (χ0) is 14.8. The molecular weight excluding hydrogens is 286 g/mol. The number of nitrogens with zero attached hydrogens (tertiary/aromatic N) is 2. The average molecular weight is 305 g/mol. The van der Waals surface area contributed by atoms with E-state index in [2.05, 4.69) is 23.2 Å². The number of aryl methyl sites for hydroxylation is 2. The van der Waals surface area contributed by atoms with Crippen molar-refractivity contribution in [1.82, 2.24) is 15.1 Å². The number of hydrogen-bond donors (Lipinski definition) is 1. The van der Waals surface area contributed by atoms with E-state index in [1.165, 1.54) is 4.88 Å². The average Bonchev–Trinajstić information content (AvgIpc) is 3.07. The quantitative estimate of drug-likeness (QED) is 0.946. The van der Waals surface area contributed by atoms with Crippen LogP contribution in [0.1, 0.15) is 27.1 Å². The standard InChI is InChI=1S/C15H19N3O2S/c1-10-8-16-17-15(10)13-9-20-6-5-18(13)14(19)7-12-4-3-11(2)21-12/h3-4,8,13H,5-7,9H2,1-2H3,(H,16,17)/t13-/m1/s1. The molecule has 1 aliphatic heterocycles. The summed E-state index contributed by atoms with van der Waals surface area (Å²) in [5.74, 6) is 0.152. The third-order valence-electron chi connectivity index (χ3n) is 3.77. The van der Waals surface area contributed by atoms with Crippen molar-refractivity contribution in [2.75, 3.05) is 19.8 Å². The predicted molar refractivity (Wildman–Crippen MR) is 81.4 cm³/mol. The minimum Gasteiger partial charge on any atom is -0.377 e. The number of thiophene rings is 1. The van der Waals surface area contributed by atoms with Crippen LogP contribution in [0.3, 0.4) is 0 Å². The van der Waals surface area contributed by atoms with Gasteiger partial charge in [-0.2, -0.15) is 5.10 Å². The minimum absolute atomic E-state index is 0.0604. The summed E-state index contributed by atoms with van der Waals surface area (Å²) in [4.78, 5) is 16.9. The van der Waals surface area contributed by atoms with E-state index in [-0.39, 0.29) is 11.9 Å². The van der Waals surface area contributed by atoms with Crippen LogP contribution in [0.15, 0.2) is 18.3 Å². The van der Waals surface area contributed by atoms with Crippen molar-refractivity contribution in [3.63, 3.8) is 0 Å². The monoisotopic (exact) mass is 305 g/mol. The van der Waals surface area contributed by atoms with E-state index in [9.17, 15) is 4.79 Å². The molecule has 1 aliphatic rings. The maximum absolute atomic E-state index is 12.6. The largest absolute Gasteiger partial charge is 0.377 e. The smallest absolute Gasteiger partial charge is 0.228 e. The van der Waals surface area contributed by atoms with Gasteiger partial charge in [0.25, 0.3) is 0 Å². The SMILES string of the molecule is Cc1ccc(CC(=O)N2CCOC[C@@H]2c2[nH]ncc2C)s1. The lowest BCUT2D eigenvalue weighted by Gasteiger charge is -2.35. The number of carbonyl (C=O) groups is 1. The maximum Gasteiger partial charge on any atom is 0.228 e. The lowest BCUT2D eigenvalue weighted by molar-refractivity contribution is -0.139. The van der Waals surface area contributed by atoms with Gasteiger partial charge in [-0.3, -0.25) is 9.89 Å². The third kappa shape index (κ3) is 3.01. The Balaban J connectivity index is 1.77. The molecule has 1 saturated heterocycles. The fraction of sp³-hybridized carbons (Fsp3) is 0.467. The molecule has 5 nitrogen and oxygen atoms in total. The molecule has 0 aliphatic carbocycles. The molecule has 3 rings (SSSR count). The first-order valence-corrected chi connectivity index (χ1v) is 7.89. The molecule has 0 aromatic carbocycles. The van der Waals surface area contributed by atoms with Crippen LogP contribution in [0, 0.1) is 13.8 Å². The number of rotatable bonds is 3. The van der Waals surface area contributed by atoms with Gasteiger partial charge in [-0.25, -0.2) is 0 Å². The Kier molecular flexibility index (Phi) is 4.07. The van der Waals surface area contributed by atoms with Gasteiger partial charge in [0.2, 0.25) is 5.91 Å². The molecule has 21 heavy (non-hydrogen) atoms. The highest BCUT2D eigenvalue weighted by atomic mass is 32.1. The fourth-order valence-electron chi connectivity index (χ4n) is 2.67. The number of H-pyrrole nitrogens is 1. The van der Waals surface area contributed by atoms with Crippen molar-refractivity contribution >= 4 is 17.2 Å². The van der Waals surface area contributed by atoms with E-state index in [1.807, 2.05) is 17.9 Å². The summed E-state index contributed by atoms with van der Waals surface area (Å²) in [6, 6.07) is 4.03. The van der Waals surface area contributed by atoms with Crippen LogP contribution in [0.4, 0.5) is 0 Å². The Hall–Kier alpha value is -1.66. The van der Waals surface area contributed by atoms with Crippen LogP contribution in [0.2, 0.25) is 0 Å². The maximum atomic E-state index is 12.6. The van der Waals surface area contributed by atoms with Gasteiger partial charge in [0, 0.05) is 16.3 Å². The number of amides is 1. The molecule has 2 aromatic heterocycles. The lowest BCUT2D eigenvalue weighted by atomic mass is 10.1. The van der Waals surface area contributed by atoms with Gasteiger partial charge in [0.1, 0.15) is 0 Å². The van der Waals surface area contributed by atoms with Crippen molar-refractivity contribution in [3.05, 3.63) is 39.3 Å². The van der Waals surface area contributed by atoms with E-state index in [1.54, 1.807) is 17.5 Å². The zero-order valence-electron chi connectivity index (χ0n) is 12.3. The Bertz CT molecular complexity index is 634. The summed E-state index contributed by atoms with van der Waals surface area (Å²) in [5, 5.41) is 7.07. The fourth-order valence-corrected chi connectivity index (χ4v) is 3.55. The second-order valence-electron chi connectivity index (χ2n) is 5.33. The topological polar surface area (TPSA) is 58.2 Å². The highest BCUT2D eigenvalue weighted by Crippen LogP contribution is 2.26. The molecule has 0 saturated carbocycles. The summed E-state index contributed by atoms with van der Waals surface area (Å²) in [6.07, 6.45) is 2.25. The van der Waals surface area contributed by atoms with Crippen molar-refractivity contribution in [1.29, 1.82) is 0 Å². The summed E-state index contributed by atoms with van der Waals surface area (Å²) in [6.45, 7) is 5.81. The summed E-state index contributed by atoms with van der Waals surface area (Å²) in [5.41, 5.74) is 2.04. The second-order valence-corrected chi connectivity index (χ2v) is 6.71. The van der Waals surface area contributed by atoms with Crippen LogP contribution in [-0.4, -0.2) is 40.8 Å². The van der Waals surface area contributed by atoms with Gasteiger partial charge in [0.05, 0.1) is 37.6 Å². The van der Waals surface area contributed by atoms with Crippen LogP contribution in [0.25, 0.3) is 0 Å². The van der Waals surface area contributed by atoms with Gasteiger partial charge in [-0.1, -0.05) is 0 Å². The molecular formula is C15H19N3O2S. The minimum atomic E-state index is -0.0604. The van der Waals surface area contributed by atoms with Crippen molar-refractivity contribution in [2.45, 2.75) is 26.3 Å². The van der Waals surface area contributed by atoms with Gasteiger partial charge in [-0.15, -0.1) is 11.3 Å². The van der Waals surface area contributed by atoms with Crippen molar-refractivity contribution < 1.29 is 9.53 Å². The molecule has 0 unspecified atom stereocenters. The Morgan fingerprint density at radius 1 is 1.52 bits per heavy atom. The van der Waals surface area contributed by atoms with Gasteiger partial charge in [-0.05, 0) is 31.5 Å². The number of morpholine rings is 1. The van der Waals surface area contributed by atoms with Crippen LogP contribution in [0.5, 0.6) is 0 Å². The second kappa shape index (κ2) is 5.99. The Morgan fingerprint density at radius 2 is 2.38 bits per heavy atom. The number of nitrogens with one attached hydrogen (secondary N) is 1. The highest BCUT2D eigenvalue weighted by Gasteiger charge is 2.30. The molecule has 2 aromatic rings. The number of ether oxygens (including phenoxy) is 1. The molecule has 6 heteroatoms. The highest BCUT2D eigenvalue weighted by molar-refractivity contribution is 7.12. The van der Waals surface area contributed by atoms with Gasteiger partial charge in [0.15, 0.2) is 0 Å². The molecule has 3 heterocycles. The van der Waals surface area contributed by atoms with Crippen LogP contribution in [-0.2, 0) is 16.0 Å². The van der Waals surface area contributed by atoms with E-state index in [4.69, 9.17) is 4.74 Å². The van der Waals surface area contributed by atoms with E-state index < -0.39 is 0 Å². The number of hydrogen-bond acceptors (Lipinski definition) is 4. The first kappa shape index (κ1) is 14.3. The molecule has 1 N–H and O–H groups in total. The third-order valence-corrected chi connectivity index (χ3v) is 4.77. The summed E-state index contributed by atoms with van der Waals surface area (Å²) in [7, 11) is 0. The van der Waals surface area contributed by atoms with E-state index in [0.29, 0.717) is 26.2 Å². The molecule has 112 valence electrons. The predicted octanol–water partition coefficient (Wildman–Crippen LogP) is 2.23. The van der Waals surface area contributed by atoms with Crippen molar-refractivity contribution in [2.24, 2.45) is 0 Å². The van der Waals surface area contributed by atoms with Crippen molar-refractivity contribution in [3.8, 4) is 0 Å². The number of aromatic nitrogens is 2. The van der Waals surface area contributed by atoms with E-state index in [0.717, 1.165) is 16.1 Å². The first-order valence-electron chi connectivity index (χ1n) is 7.07. The summed E-state index contributed by atoms with van der Waals surface area (Å²) >= 11 is 1.68. The Morgan fingerprint density at radius 3 is 3.05 bits per heavy atom. The first-order chi connectivity index (χ1) is 10.1. The van der Waals surface area contributed by atoms with Crippen LogP contribution < -0.4 is 0 Å². The van der Waals surface area contributed by atoms with Gasteiger partial charge < -0.3 is 9.64 Å². The van der Waals surface area contributed by atoms with Gasteiger partial charge >= 0.3 is 0 Å². The normalized spacial score (nSPS) is 19.0. The number of carbonyl (C=O) groups excluding carboxylic acids is 1. The molecule has 1 amide bonds. The molecule has 0 bridgehead atoms. The lowest BCUT2D eigenvalue weighted by Crippen LogP contribution is -2.44. The molecule has 1 fully saturated rings. The number of aromatic amines is 1. The molecule has 0 radical (unpaired) electrons. The molecule has 1 atom stereocenters. The zero-order valence-corrected chi connectivity index (χ0v) is 13.1.